The fourth-order valence-corrected chi connectivity index (χ4v) is 1.93. The zero-order chi connectivity index (χ0) is 13.0. The molecule has 0 aliphatic carbocycles. The Morgan fingerprint density at radius 2 is 2.06 bits per heavy atom. The van der Waals surface area contributed by atoms with Crippen molar-refractivity contribution in [3.63, 3.8) is 0 Å². The summed E-state index contributed by atoms with van der Waals surface area (Å²) < 4.78 is 0. The molecule has 0 bridgehead atoms. The maximum Gasteiger partial charge on any atom is 0.255 e. The van der Waals surface area contributed by atoms with Crippen molar-refractivity contribution in [1.29, 1.82) is 0 Å². The third kappa shape index (κ3) is 4.27. The number of aromatic hydroxyl groups is 1. The van der Waals surface area contributed by atoms with Crippen molar-refractivity contribution >= 4 is 17.5 Å². The maximum absolute atomic E-state index is 11.9. The van der Waals surface area contributed by atoms with Gasteiger partial charge in [-0.1, -0.05) is 25.4 Å². The Bertz CT molecular complexity index is 404. The summed E-state index contributed by atoms with van der Waals surface area (Å²) in [5.74, 6) is 0.167. The van der Waals surface area contributed by atoms with Gasteiger partial charge in [0.25, 0.3) is 5.91 Å². The molecule has 0 fully saturated rings. The van der Waals surface area contributed by atoms with Crippen LogP contribution in [0.1, 0.15) is 37.6 Å². The van der Waals surface area contributed by atoms with Gasteiger partial charge >= 0.3 is 0 Å². The molecule has 17 heavy (non-hydrogen) atoms. The Labute approximate surface area is 107 Å². The maximum atomic E-state index is 11.9. The average Bonchev–Trinajstić information content (AvgIpc) is 2.20. The number of hydrogen-bond acceptors (Lipinski definition) is 2. The summed E-state index contributed by atoms with van der Waals surface area (Å²) in [5, 5.41) is 12.9. The predicted molar refractivity (Wildman–Crippen MR) is 69.5 cm³/mol. The molecule has 0 radical (unpaired) electrons. The van der Waals surface area contributed by atoms with Crippen LogP contribution in [-0.4, -0.2) is 17.1 Å². The summed E-state index contributed by atoms with van der Waals surface area (Å²) in [6, 6.07) is 4.50. The van der Waals surface area contributed by atoms with Gasteiger partial charge in [-0.25, -0.2) is 0 Å². The van der Waals surface area contributed by atoms with Gasteiger partial charge in [-0.3, -0.25) is 4.79 Å². The van der Waals surface area contributed by atoms with E-state index in [-0.39, 0.29) is 23.3 Å². The normalized spacial score (nSPS) is 12.5. The molecule has 1 aromatic rings. The third-order valence-corrected chi connectivity index (χ3v) is 2.64. The van der Waals surface area contributed by atoms with Gasteiger partial charge in [-0.2, -0.15) is 0 Å². The van der Waals surface area contributed by atoms with E-state index in [1.165, 1.54) is 12.1 Å². The van der Waals surface area contributed by atoms with Gasteiger partial charge in [0.2, 0.25) is 0 Å². The van der Waals surface area contributed by atoms with E-state index in [0.717, 1.165) is 6.42 Å². The number of carbonyl (C=O) groups excluding carboxylic acids is 1. The summed E-state index contributed by atoms with van der Waals surface area (Å²) in [4.78, 5) is 11.9. The first-order valence-electron chi connectivity index (χ1n) is 5.69. The molecule has 1 unspecified atom stereocenters. The minimum atomic E-state index is -0.293. The van der Waals surface area contributed by atoms with Gasteiger partial charge in [0, 0.05) is 11.1 Å². The van der Waals surface area contributed by atoms with Crippen LogP contribution in [0.3, 0.4) is 0 Å². The molecule has 4 heteroatoms. The van der Waals surface area contributed by atoms with E-state index in [4.69, 9.17) is 11.6 Å². The standard InChI is InChI=1S/C13H18ClNO2/c1-8(2)6-9(3)15-13(17)11-7-10(14)4-5-12(11)16/h4-5,7-9,16H,6H2,1-3H3,(H,15,17). The Balaban J connectivity index is 2.73. The second-order valence-electron chi connectivity index (χ2n) is 4.67. The van der Waals surface area contributed by atoms with Crippen molar-refractivity contribution in [3.8, 4) is 5.75 Å². The molecule has 1 amide bonds. The Kier molecular flexibility index (Phi) is 4.82. The van der Waals surface area contributed by atoms with Crippen molar-refractivity contribution < 1.29 is 9.90 Å². The van der Waals surface area contributed by atoms with E-state index in [1.54, 1.807) is 6.07 Å². The number of hydrogen-bond donors (Lipinski definition) is 2. The molecule has 0 saturated carbocycles. The number of carbonyl (C=O) groups is 1. The van der Waals surface area contributed by atoms with E-state index < -0.39 is 0 Å². The summed E-state index contributed by atoms with van der Waals surface area (Å²) >= 11 is 5.79. The Morgan fingerprint density at radius 3 is 2.65 bits per heavy atom. The first-order valence-corrected chi connectivity index (χ1v) is 6.07. The van der Waals surface area contributed by atoms with Crippen LogP contribution < -0.4 is 5.32 Å². The van der Waals surface area contributed by atoms with E-state index in [0.29, 0.717) is 10.9 Å². The molecular formula is C13H18ClNO2. The molecule has 1 atom stereocenters. The minimum absolute atomic E-state index is 0.0522. The lowest BCUT2D eigenvalue weighted by Crippen LogP contribution is -2.33. The number of halogens is 1. The molecule has 0 aliphatic rings. The molecule has 0 aromatic heterocycles. The average molecular weight is 256 g/mol. The lowest BCUT2D eigenvalue weighted by Gasteiger charge is -2.16. The molecule has 1 rings (SSSR count). The number of phenolic OH excluding ortho intramolecular Hbond substituents is 1. The smallest absolute Gasteiger partial charge is 0.255 e. The third-order valence-electron chi connectivity index (χ3n) is 2.41. The van der Waals surface area contributed by atoms with Crippen LogP contribution in [0.25, 0.3) is 0 Å². The Morgan fingerprint density at radius 1 is 1.41 bits per heavy atom. The second kappa shape index (κ2) is 5.92. The van der Waals surface area contributed by atoms with E-state index in [2.05, 4.69) is 19.2 Å². The number of rotatable bonds is 4. The van der Waals surface area contributed by atoms with Crippen LogP contribution in [-0.2, 0) is 0 Å². The molecule has 2 N–H and O–H groups in total. The van der Waals surface area contributed by atoms with E-state index in [9.17, 15) is 9.90 Å². The minimum Gasteiger partial charge on any atom is -0.507 e. The van der Waals surface area contributed by atoms with Crippen LogP contribution >= 0.6 is 11.6 Å². The Hall–Kier alpha value is -1.22. The van der Waals surface area contributed by atoms with Crippen molar-refractivity contribution in [2.45, 2.75) is 33.2 Å². The summed E-state index contributed by atoms with van der Waals surface area (Å²) in [7, 11) is 0. The van der Waals surface area contributed by atoms with Crippen molar-refractivity contribution in [1.82, 2.24) is 5.32 Å². The summed E-state index contributed by atoms with van der Waals surface area (Å²) in [5.41, 5.74) is 0.216. The highest BCUT2D eigenvalue weighted by atomic mass is 35.5. The molecule has 0 spiro atoms. The SMILES string of the molecule is CC(C)CC(C)NC(=O)c1cc(Cl)ccc1O. The number of nitrogens with one attached hydrogen (secondary N) is 1. The summed E-state index contributed by atoms with van der Waals surface area (Å²) in [6.45, 7) is 6.14. The second-order valence-corrected chi connectivity index (χ2v) is 5.10. The van der Waals surface area contributed by atoms with Gasteiger partial charge in [-0.05, 0) is 37.5 Å². The lowest BCUT2D eigenvalue weighted by atomic mass is 10.0. The molecule has 0 saturated heterocycles. The van der Waals surface area contributed by atoms with Crippen LogP contribution in [0, 0.1) is 5.92 Å². The van der Waals surface area contributed by atoms with Gasteiger partial charge in [0.05, 0.1) is 5.56 Å². The first-order chi connectivity index (χ1) is 7.90. The van der Waals surface area contributed by atoms with Crippen LogP contribution in [0.2, 0.25) is 5.02 Å². The van der Waals surface area contributed by atoms with Gasteiger partial charge in [0.1, 0.15) is 5.75 Å². The monoisotopic (exact) mass is 255 g/mol. The van der Waals surface area contributed by atoms with Crippen molar-refractivity contribution in [2.24, 2.45) is 5.92 Å². The molecule has 94 valence electrons. The van der Waals surface area contributed by atoms with Crippen LogP contribution in [0.5, 0.6) is 5.75 Å². The number of amides is 1. The van der Waals surface area contributed by atoms with Crippen LogP contribution in [0.15, 0.2) is 18.2 Å². The predicted octanol–water partition coefficient (Wildman–Crippen LogP) is 3.21. The zero-order valence-corrected chi connectivity index (χ0v) is 11.1. The fraction of sp³-hybridized carbons (Fsp3) is 0.462. The van der Waals surface area contributed by atoms with Gasteiger partial charge in [-0.15, -0.1) is 0 Å². The highest BCUT2D eigenvalue weighted by Gasteiger charge is 2.14. The molecule has 3 nitrogen and oxygen atoms in total. The largest absolute Gasteiger partial charge is 0.507 e. The van der Waals surface area contributed by atoms with Crippen LogP contribution in [0.4, 0.5) is 0 Å². The number of phenols is 1. The number of benzene rings is 1. The quantitative estimate of drug-likeness (QED) is 0.868. The fourth-order valence-electron chi connectivity index (χ4n) is 1.76. The van der Waals surface area contributed by atoms with Crippen molar-refractivity contribution in [3.05, 3.63) is 28.8 Å². The molecular weight excluding hydrogens is 238 g/mol. The highest BCUT2D eigenvalue weighted by Crippen LogP contribution is 2.21. The molecule has 1 aromatic carbocycles. The lowest BCUT2D eigenvalue weighted by molar-refractivity contribution is 0.0933. The van der Waals surface area contributed by atoms with Gasteiger partial charge in [0.15, 0.2) is 0 Å². The molecule has 0 aliphatic heterocycles. The first kappa shape index (κ1) is 13.8. The van der Waals surface area contributed by atoms with E-state index >= 15 is 0 Å². The van der Waals surface area contributed by atoms with Gasteiger partial charge < -0.3 is 10.4 Å². The van der Waals surface area contributed by atoms with Crippen molar-refractivity contribution in [2.75, 3.05) is 0 Å². The highest BCUT2D eigenvalue weighted by molar-refractivity contribution is 6.31. The summed E-state index contributed by atoms with van der Waals surface area (Å²) in [6.07, 6.45) is 0.896. The molecule has 0 heterocycles. The zero-order valence-electron chi connectivity index (χ0n) is 10.3. The van der Waals surface area contributed by atoms with E-state index in [1.807, 2.05) is 6.92 Å². The topological polar surface area (TPSA) is 49.3 Å².